The van der Waals surface area contributed by atoms with E-state index in [1.54, 1.807) is 25.1 Å². The number of aromatic nitrogens is 2. The molecule has 1 aromatic heterocycles. The van der Waals surface area contributed by atoms with E-state index in [1.165, 1.54) is 0 Å². The van der Waals surface area contributed by atoms with Crippen LogP contribution < -0.4 is 11.1 Å². The van der Waals surface area contributed by atoms with Crippen molar-refractivity contribution in [2.24, 2.45) is 5.73 Å². The zero-order valence-electron chi connectivity index (χ0n) is 10.3. The van der Waals surface area contributed by atoms with Crippen molar-refractivity contribution in [2.75, 3.05) is 0 Å². The first-order chi connectivity index (χ1) is 9.06. The number of benzene rings is 1. The SMILES string of the molecule is C[C@H](N)C(=O)NCc1nc(-c2cccc(Cl)c2)no1. The van der Waals surface area contributed by atoms with Gasteiger partial charge in [-0.15, -0.1) is 0 Å². The first kappa shape index (κ1) is 13.5. The molecule has 3 N–H and O–H groups in total. The summed E-state index contributed by atoms with van der Waals surface area (Å²) >= 11 is 5.88. The Morgan fingerprint density at radius 1 is 1.58 bits per heavy atom. The Kier molecular flexibility index (Phi) is 4.13. The summed E-state index contributed by atoms with van der Waals surface area (Å²) < 4.78 is 5.03. The molecular weight excluding hydrogens is 268 g/mol. The minimum absolute atomic E-state index is 0.147. The fourth-order valence-corrected chi connectivity index (χ4v) is 1.59. The van der Waals surface area contributed by atoms with Gasteiger partial charge in [-0.2, -0.15) is 4.98 Å². The standard InChI is InChI=1S/C12H13ClN4O2/c1-7(14)12(18)15-6-10-16-11(17-19-10)8-3-2-4-9(13)5-8/h2-5,7H,6,14H2,1H3,(H,15,18)/t7-/m0/s1. The fourth-order valence-electron chi connectivity index (χ4n) is 1.40. The Balaban J connectivity index is 2.05. The Morgan fingerprint density at radius 3 is 3.05 bits per heavy atom. The predicted octanol–water partition coefficient (Wildman–Crippen LogP) is 1.35. The number of rotatable bonds is 4. The van der Waals surface area contributed by atoms with Gasteiger partial charge in [-0.1, -0.05) is 28.9 Å². The van der Waals surface area contributed by atoms with Crippen LogP contribution >= 0.6 is 11.6 Å². The van der Waals surface area contributed by atoms with Crippen LogP contribution in [-0.4, -0.2) is 22.1 Å². The summed E-state index contributed by atoms with van der Waals surface area (Å²) in [5.74, 6) is 0.457. The van der Waals surface area contributed by atoms with E-state index in [-0.39, 0.29) is 12.5 Å². The van der Waals surface area contributed by atoms with Gasteiger partial charge in [0.25, 0.3) is 0 Å². The van der Waals surface area contributed by atoms with Crippen LogP contribution in [0.3, 0.4) is 0 Å². The number of carbonyl (C=O) groups is 1. The Bertz CT molecular complexity index is 583. The Morgan fingerprint density at radius 2 is 2.37 bits per heavy atom. The zero-order chi connectivity index (χ0) is 13.8. The maximum Gasteiger partial charge on any atom is 0.246 e. The zero-order valence-corrected chi connectivity index (χ0v) is 11.0. The number of carbonyl (C=O) groups excluding carboxylic acids is 1. The van der Waals surface area contributed by atoms with Crippen molar-refractivity contribution in [3.8, 4) is 11.4 Å². The molecule has 2 rings (SSSR count). The monoisotopic (exact) mass is 280 g/mol. The molecule has 0 spiro atoms. The molecule has 0 saturated carbocycles. The second-order valence-corrected chi connectivity index (χ2v) is 4.46. The summed E-state index contributed by atoms with van der Waals surface area (Å²) in [5.41, 5.74) is 6.17. The third kappa shape index (κ3) is 3.52. The Labute approximate surface area is 114 Å². The smallest absolute Gasteiger partial charge is 0.246 e. The van der Waals surface area contributed by atoms with Gasteiger partial charge in [0.1, 0.15) is 0 Å². The molecular formula is C12H13ClN4O2. The molecule has 100 valence electrons. The van der Waals surface area contributed by atoms with E-state index in [1.807, 2.05) is 6.07 Å². The molecule has 1 amide bonds. The maximum atomic E-state index is 11.3. The summed E-state index contributed by atoms with van der Waals surface area (Å²) in [6.45, 7) is 1.74. The van der Waals surface area contributed by atoms with Crippen LogP contribution in [0, 0.1) is 0 Å². The van der Waals surface area contributed by atoms with E-state index in [2.05, 4.69) is 15.5 Å². The van der Waals surface area contributed by atoms with E-state index in [4.69, 9.17) is 21.9 Å². The lowest BCUT2D eigenvalue weighted by atomic mass is 10.2. The van der Waals surface area contributed by atoms with Crippen molar-refractivity contribution in [1.29, 1.82) is 0 Å². The van der Waals surface area contributed by atoms with Crippen molar-refractivity contribution in [3.05, 3.63) is 35.2 Å². The molecule has 7 heteroatoms. The number of hydrogen-bond acceptors (Lipinski definition) is 5. The summed E-state index contributed by atoms with van der Waals surface area (Å²) in [6, 6.07) is 6.54. The molecule has 0 aliphatic heterocycles. The molecule has 0 saturated heterocycles. The molecule has 0 radical (unpaired) electrons. The molecule has 6 nitrogen and oxygen atoms in total. The third-order valence-corrected chi connectivity index (χ3v) is 2.61. The van der Waals surface area contributed by atoms with Crippen molar-refractivity contribution in [1.82, 2.24) is 15.5 Å². The molecule has 1 atom stereocenters. The topological polar surface area (TPSA) is 94.0 Å². The lowest BCUT2D eigenvalue weighted by Crippen LogP contribution is -2.37. The lowest BCUT2D eigenvalue weighted by molar-refractivity contribution is -0.122. The number of hydrogen-bond donors (Lipinski definition) is 2. The third-order valence-electron chi connectivity index (χ3n) is 2.38. The first-order valence-electron chi connectivity index (χ1n) is 5.68. The molecule has 0 aliphatic carbocycles. The molecule has 0 bridgehead atoms. The van der Waals surface area contributed by atoms with E-state index in [9.17, 15) is 4.79 Å². The Hall–Kier alpha value is -1.92. The highest BCUT2D eigenvalue weighted by Gasteiger charge is 2.11. The average molecular weight is 281 g/mol. The van der Waals surface area contributed by atoms with Crippen molar-refractivity contribution >= 4 is 17.5 Å². The van der Waals surface area contributed by atoms with Gasteiger partial charge in [0.2, 0.25) is 17.6 Å². The average Bonchev–Trinajstić information content (AvgIpc) is 2.84. The lowest BCUT2D eigenvalue weighted by Gasteiger charge is -2.03. The van der Waals surface area contributed by atoms with Gasteiger partial charge in [0, 0.05) is 10.6 Å². The van der Waals surface area contributed by atoms with Crippen LogP contribution in [0.15, 0.2) is 28.8 Å². The second-order valence-electron chi connectivity index (χ2n) is 4.03. The molecule has 0 aliphatic rings. The molecule has 2 aromatic rings. The molecule has 19 heavy (non-hydrogen) atoms. The quantitative estimate of drug-likeness (QED) is 0.882. The summed E-state index contributed by atoms with van der Waals surface area (Å²) in [7, 11) is 0. The number of nitrogens with one attached hydrogen (secondary N) is 1. The van der Waals surface area contributed by atoms with Crippen molar-refractivity contribution in [3.63, 3.8) is 0 Å². The number of amides is 1. The fraction of sp³-hybridized carbons (Fsp3) is 0.250. The van der Waals surface area contributed by atoms with Crippen LogP contribution in [0.1, 0.15) is 12.8 Å². The second kappa shape index (κ2) is 5.81. The van der Waals surface area contributed by atoms with Gasteiger partial charge >= 0.3 is 0 Å². The summed E-state index contributed by atoms with van der Waals surface area (Å²) in [6.07, 6.45) is 0. The normalized spacial score (nSPS) is 12.2. The van der Waals surface area contributed by atoms with E-state index in [0.29, 0.717) is 16.7 Å². The van der Waals surface area contributed by atoms with Crippen molar-refractivity contribution < 1.29 is 9.32 Å². The molecule has 1 heterocycles. The highest BCUT2D eigenvalue weighted by Crippen LogP contribution is 2.19. The van der Waals surface area contributed by atoms with Crippen LogP contribution in [0.5, 0.6) is 0 Å². The van der Waals surface area contributed by atoms with Gasteiger partial charge in [-0.05, 0) is 19.1 Å². The number of nitrogens with zero attached hydrogens (tertiary/aromatic N) is 2. The van der Waals surface area contributed by atoms with Gasteiger partial charge in [-0.3, -0.25) is 4.79 Å². The van der Waals surface area contributed by atoms with Crippen LogP contribution in [-0.2, 0) is 11.3 Å². The van der Waals surface area contributed by atoms with E-state index < -0.39 is 6.04 Å². The number of halogens is 1. The molecule has 1 aromatic carbocycles. The summed E-state index contributed by atoms with van der Waals surface area (Å²) in [5, 5.41) is 7.00. The highest BCUT2D eigenvalue weighted by atomic mass is 35.5. The largest absolute Gasteiger partial charge is 0.346 e. The maximum absolute atomic E-state index is 11.3. The number of nitrogens with two attached hydrogens (primary N) is 1. The molecule has 0 fully saturated rings. The van der Waals surface area contributed by atoms with Crippen molar-refractivity contribution in [2.45, 2.75) is 19.5 Å². The minimum Gasteiger partial charge on any atom is -0.346 e. The van der Waals surface area contributed by atoms with Crippen LogP contribution in [0.2, 0.25) is 5.02 Å². The van der Waals surface area contributed by atoms with Crippen LogP contribution in [0.4, 0.5) is 0 Å². The van der Waals surface area contributed by atoms with E-state index >= 15 is 0 Å². The van der Waals surface area contributed by atoms with Gasteiger partial charge in [0.05, 0.1) is 12.6 Å². The molecule has 0 unspecified atom stereocenters. The predicted molar refractivity (Wildman–Crippen MR) is 70.2 cm³/mol. The van der Waals surface area contributed by atoms with Crippen LogP contribution in [0.25, 0.3) is 11.4 Å². The van der Waals surface area contributed by atoms with Gasteiger partial charge in [-0.25, -0.2) is 0 Å². The van der Waals surface area contributed by atoms with Gasteiger partial charge in [0.15, 0.2) is 0 Å². The minimum atomic E-state index is -0.574. The highest BCUT2D eigenvalue weighted by molar-refractivity contribution is 6.30. The summed E-state index contributed by atoms with van der Waals surface area (Å²) in [4.78, 5) is 15.5. The van der Waals surface area contributed by atoms with Gasteiger partial charge < -0.3 is 15.6 Å². The van der Waals surface area contributed by atoms with E-state index in [0.717, 1.165) is 5.56 Å². The first-order valence-corrected chi connectivity index (χ1v) is 6.06.